The summed E-state index contributed by atoms with van der Waals surface area (Å²) in [6, 6.07) is 3.95. The highest BCUT2D eigenvalue weighted by molar-refractivity contribution is 14.0. The Hall–Kier alpha value is -0.580. The number of aliphatic imine (C=N–C) groups is 1. The molecule has 1 fully saturated rings. The van der Waals surface area contributed by atoms with Gasteiger partial charge in [0.25, 0.3) is 0 Å². The molecule has 0 bridgehead atoms. The Balaban J connectivity index is 0.00000312. The third kappa shape index (κ3) is 7.28. The van der Waals surface area contributed by atoms with Gasteiger partial charge in [-0.3, -0.25) is 14.7 Å². The van der Waals surface area contributed by atoms with Gasteiger partial charge in [-0.2, -0.15) is 0 Å². The summed E-state index contributed by atoms with van der Waals surface area (Å²) in [5.74, 6) is 1.10. The Morgan fingerprint density at radius 2 is 2.00 bits per heavy atom. The maximum atomic E-state index is 11.7. The Morgan fingerprint density at radius 1 is 1.32 bits per heavy atom. The van der Waals surface area contributed by atoms with E-state index in [9.17, 15) is 4.79 Å². The van der Waals surface area contributed by atoms with Crippen LogP contribution in [-0.4, -0.2) is 80.4 Å². The minimum absolute atomic E-state index is 0. The molecule has 0 saturated carbocycles. The minimum Gasteiger partial charge on any atom is -0.351 e. The molecule has 2 rings (SSSR count). The summed E-state index contributed by atoms with van der Waals surface area (Å²) in [6.45, 7) is 5.30. The number of piperazine rings is 1. The van der Waals surface area contributed by atoms with Crippen molar-refractivity contribution in [2.45, 2.75) is 13.0 Å². The van der Waals surface area contributed by atoms with E-state index < -0.39 is 0 Å². The van der Waals surface area contributed by atoms with Gasteiger partial charge in [0.05, 0.1) is 10.9 Å². The van der Waals surface area contributed by atoms with Crippen molar-refractivity contribution in [3.8, 4) is 0 Å². The summed E-state index contributed by atoms with van der Waals surface area (Å²) in [6.07, 6.45) is 0.582. The van der Waals surface area contributed by atoms with Crippen LogP contribution in [0, 0.1) is 0 Å². The van der Waals surface area contributed by atoms with Gasteiger partial charge in [0.15, 0.2) is 5.96 Å². The molecular weight excluding hydrogens is 473 g/mol. The first-order chi connectivity index (χ1) is 11.5. The molecule has 1 N–H and O–H groups in total. The van der Waals surface area contributed by atoms with Crippen molar-refractivity contribution in [2.24, 2.45) is 4.99 Å². The number of halogens is 2. The lowest BCUT2D eigenvalue weighted by Gasteiger charge is -2.36. The van der Waals surface area contributed by atoms with Gasteiger partial charge in [-0.1, -0.05) is 11.6 Å². The van der Waals surface area contributed by atoms with Gasteiger partial charge in [-0.25, -0.2) is 0 Å². The fourth-order valence-corrected chi connectivity index (χ4v) is 3.63. The molecule has 25 heavy (non-hydrogen) atoms. The zero-order valence-corrected chi connectivity index (χ0v) is 18.9. The topological polar surface area (TPSA) is 51.2 Å². The summed E-state index contributed by atoms with van der Waals surface area (Å²) < 4.78 is 0.808. The Kier molecular flexibility index (Phi) is 10.1. The predicted octanol–water partition coefficient (Wildman–Crippen LogP) is 2.19. The number of guanidine groups is 1. The lowest BCUT2D eigenvalue weighted by atomic mass is 10.3. The quantitative estimate of drug-likeness (QED) is 0.383. The highest BCUT2D eigenvalue weighted by Crippen LogP contribution is 2.21. The molecule has 1 aromatic heterocycles. The van der Waals surface area contributed by atoms with Crippen LogP contribution in [-0.2, 0) is 11.3 Å². The number of rotatable bonds is 5. The fraction of sp³-hybridized carbons (Fsp3) is 0.625. The summed E-state index contributed by atoms with van der Waals surface area (Å²) in [5, 5.41) is 3.40. The zero-order chi connectivity index (χ0) is 17.5. The van der Waals surface area contributed by atoms with Crippen LogP contribution in [0.3, 0.4) is 0 Å². The van der Waals surface area contributed by atoms with Crippen LogP contribution < -0.4 is 5.32 Å². The summed E-state index contributed by atoms with van der Waals surface area (Å²) in [4.78, 5) is 23.5. The molecule has 1 aliphatic rings. The summed E-state index contributed by atoms with van der Waals surface area (Å²) >= 11 is 7.55. The number of amides is 1. The molecular formula is C16H27ClIN5OS. The third-order valence-corrected chi connectivity index (χ3v) is 5.31. The van der Waals surface area contributed by atoms with Crippen molar-refractivity contribution in [2.75, 3.05) is 53.9 Å². The Labute approximate surface area is 176 Å². The van der Waals surface area contributed by atoms with Crippen LogP contribution in [0.4, 0.5) is 0 Å². The molecule has 0 radical (unpaired) electrons. The number of carbonyl (C=O) groups is 1. The minimum atomic E-state index is 0. The molecule has 1 amide bonds. The van der Waals surface area contributed by atoms with Gasteiger partial charge in [0.1, 0.15) is 0 Å². The molecule has 1 aliphatic heterocycles. The highest BCUT2D eigenvalue weighted by atomic mass is 127. The number of hydrogen-bond acceptors (Lipinski definition) is 4. The normalized spacial score (nSPS) is 15.7. The maximum absolute atomic E-state index is 11.7. The first-order valence-electron chi connectivity index (χ1n) is 8.12. The van der Waals surface area contributed by atoms with Gasteiger partial charge in [-0.15, -0.1) is 35.3 Å². The average Bonchev–Trinajstić information content (AvgIpc) is 2.99. The van der Waals surface area contributed by atoms with Crippen LogP contribution >= 0.6 is 46.9 Å². The van der Waals surface area contributed by atoms with E-state index in [2.05, 4.69) is 20.1 Å². The number of nitrogens with one attached hydrogen (secondary N) is 1. The average molecular weight is 500 g/mol. The molecule has 142 valence electrons. The fourth-order valence-electron chi connectivity index (χ4n) is 2.61. The first-order valence-corrected chi connectivity index (χ1v) is 9.31. The number of carbonyl (C=O) groups excluding carboxylic acids is 1. The van der Waals surface area contributed by atoms with Crippen LogP contribution in [0.25, 0.3) is 0 Å². The van der Waals surface area contributed by atoms with E-state index in [4.69, 9.17) is 11.6 Å². The molecule has 9 heteroatoms. The summed E-state index contributed by atoms with van der Waals surface area (Å²) in [7, 11) is 5.42. The van der Waals surface area contributed by atoms with Crippen molar-refractivity contribution in [3.05, 3.63) is 21.3 Å². The SMILES string of the molecule is CN=C(NCc1ccc(Cl)s1)N1CCN(CCC(=O)N(C)C)CC1.I. The second-order valence-corrected chi connectivity index (χ2v) is 7.77. The van der Waals surface area contributed by atoms with E-state index in [1.165, 1.54) is 4.88 Å². The second kappa shape index (κ2) is 11.2. The van der Waals surface area contributed by atoms with Crippen LogP contribution in [0.15, 0.2) is 17.1 Å². The summed E-state index contributed by atoms with van der Waals surface area (Å²) in [5.41, 5.74) is 0. The molecule has 0 spiro atoms. The van der Waals surface area contributed by atoms with Crippen molar-refractivity contribution >= 4 is 58.8 Å². The van der Waals surface area contributed by atoms with Crippen molar-refractivity contribution in [1.29, 1.82) is 0 Å². The first kappa shape index (κ1) is 22.5. The van der Waals surface area contributed by atoms with Crippen molar-refractivity contribution in [3.63, 3.8) is 0 Å². The van der Waals surface area contributed by atoms with Crippen LogP contribution in [0.2, 0.25) is 4.34 Å². The zero-order valence-electron chi connectivity index (χ0n) is 15.0. The largest absolute Gasteiger partial charge is 0.351 e. The van der Waals surface area contributed by atoms with Crippen LogP contribution in [0.1, 0.15) is 11.3 Å². The van der Waals surface area contributed by atoms with E-state index in [0.717, 1.165) is 49.6 Å². The van der Waals surface area contributed by atoms with E-state index in [-0.39, 0.29) is 29.9 Å². The van der Waals surface area contributed by atoms with Crippen LogP contribution in [0.5, 0.6) is 0 Å². The van der Waals surface area contributed by atoms with Crippen molar-refractivity contribution in [1.82, 2.24) is 20.0 Å². The Morgan fingerprint density at radius 3 is 2.52 bits per heavy atom. The van der Waals surface area contributed by atoms with E-state index in [0.29, 0.717) is 6.42 Å². The molecule has 0 aliphatic carbocycles. The lowest BCUT2D eigenvalue weighted by molar-refractivity contribution is -0.129. The van der Waals surface area contributed by atoms with E-state index in [1.54, 1.807) is 30.3 Å². The van der Waals surface area contributed by atoms with E-state index >= 15 is 0 Å². The predicted molar refractivity (Wildman–Crippen MR) is 116 cm³/mol. The van der Waals surface area contributed by atoms with Gasteiger partial charge < -0.3 is 15.1 Å². The van der Waals surface area contributed by atoms with Gasteiger partial charge in [0.2, 0.25) is 5.91 Å². The number of thiophene rings is 1. The third-order valence-electron chi connectivity index (χ3n) is 4.07. The Bertz CT molecular complexity index is 573. The molecule has 1 saturated heterocycles. The number of nitrogens with zero attached hydrogens (tertiary/aromatic N) is 4. The monoisotopic (exact) mass is 499 g/mol. The van der Waals surface area contributed by atoms with E-state index in [1.807, 2.05) is 19.2 Å². The smallest absolute Gasteiger partial charge is 0.223 e. The standard InChI is InChI=1S/C16H26ClN5OS.HI/c1-18-16(19-12-13-4-5-14(17)24-13)22-10-8-21(9-11-22)7-6-15(23)20(2)3;/h4-5H,6-12H2,1-3H3,(H,18,19);1H. The van der Waals surface area contributed by atoms with Crippen molar-refractivity contribution < 1.29 is 4.79 Å². The van der Waals surface area contributed by atoms with Gasteiger partial charge in [-0.05, 0) is 12.1 Å². The second-order valence-electron chi connectivity index (χ2n) is 5.97. The molecule has 6 nitrogen and oxygen atoms in total. The molecule has 0 atom stereocenters. The molecule has 0 unspecified atom stereocenters. The van der Waals surface area contributed by atoms with Gasteiger partial charge >= 0.3 is 0 Å². The molecule has 2 heterocycles. The lowest BCUT2D eigenvalue weighted by Crippen LogP contribution is -2.52. The highest BCUT2D eigenvalue weighted by Gasteiger charge is 2.20. The molecule has 0 aromatic carbocycles. The maximum Gasteiger partial charge on any atom is 0.223 e. The number of hydrogen-bond donors (Lipinski definition) is 1. The van der Waals surface area contributed by atoms with Gasteiger partial charge in [0, 0.05) is 65.2 Å². The molecule has 1 aromatic rings.